The van der Waals surface area contributed by atoms with Crippen LogP contribution in [0.25, 0.3) is 0 Å². The van der Waals surface area contributed by atoms with Gasteiger partial charge in [0.05, 0.1) is 18.2 Å². The van der Waals surface area contributed by atoms with Gasteiger partial charge in [0.2, 0.25) is 0 Å². The van der Waals surface area contributed by atoms with Crippen molar-refractivity contribution >= 4 is 0 Å². The van der Waals surface area contributed by atoms with Gasteiger partial charge in [-0.2, -0.15) is 13.2 Å². The zero-order valence-electron chi connectivity index (χ0n) is 12.0. The summed E-state index contributed by atoms with van der Waals surface area (Å²) in [5.41, 5.74) is -0.00170. The van der Waals surface area contributed by atoms with Gasteiger partial charge in [-0.25, -0.2) is 0 Å². The minimum Gasteiger partial charge on any atom is -0.379 e. The van der Waals surface area contributed by atoms with Crippen molar-refractivity contribution in [3.05, 3.63) is 35.4 Å². The van der Waals surface area contributed by atoms with Gasteiger partial charge in [-0.15, -0.1) is 0 Å². The first-order chi connectivity index (χ1) is 9.49. The lowest BCUT2D eigenvalue weighted by Gasteiger charge is -2.20. The molecule has 0 saturated carbocycles. The molecule has 0 amide bonds. The first kappa shape index (κ1) is 17.0. The molecule has 0 aromatic heterocycles. The molecule has 0 saturated heterocycles. The summed E-state index contributed by atoms with van der Waals surface area (Å²) in [5.74, 6) is 0. The molecule has 5 heteroatoms. The smallest absolute Gasteiger partial charge is 0.379 e. The van der Waals surface area contributed by atoms with Crippen molar-refractivity contribution < 1.29 is 17.9 Å². The summed E-state index contributed by atoms with van der Waals surface area (Å²) in [6.07, 6.45) is -2.50. The zero-order valence-corrected chi connectivity index (χ0v) is 12.0. The molecule has 20 heavy (non-hydrogen) atoms. The Hall–Kier alpha value is -1.07. The number of benzene rings is 1. The van der Waals surface area contributed by atoms with Crippen LogP contribution in [0.5, 0.6) is 0 Å². The second kappa shape index (κ2) is 8.27. The van der Waals surface area contributed by atoms with Crippen molar-refractivity contribution in [1.29, 1.82) is 0 Å². The van der Waals surface area contributed by atoms with Gasteiger partial charge in [0.15, 0.2) is 0 Å². The van der Waals surface area contributed by atoms with Crippen LogP contribution in [-0.4, -0.2) is 19.8 Å². The van der Waals surface area contributed by atoms with E-state index in [1.807, 2.05) is 13.8 Å². The summed E-state index contributed by atoms with van der Waals surface area (Å²) in [6, 6.07) is 5.23. The number of halogens is 3. The van der Waals surface area contributed by atoms with E-state index >= 15 is 0 Å². The van der Waals surface area contributed by atoms with E-state index in [-0.39, 0.29) is 6.04 Å². The molecule has 0 aliphatic heterocycles. The van der Waals surface area contributed by atoms with E-state index in [0.29, 0.717) is 18.8 Å². The molecule has 0 radical (unpaired) electrons. The van der Waals surface area contributed by atoms with Crippen molar-refractivity contribution in [3.63, 3.8) is 0 Å². The Kier molecular flexibility index (Phi) is 7.02. The number of ether oxygens (including phenoxy) is 1. The maximum Gasteiger partial charge on any atom is 0.416 e. The molecule has 0 fully saturated rings. The molecule has 1 unspecified atom stereocenters. The van der Waals surface area contributed by atoms with Crippen LogP contribution in [0, 0.1) is 0 Å². The molecule has 1 aromatic carbocycles. The summed E-state index contributed by atoms with van der Waals surface area (Å²) >= 11 is 0. The van der Waals surface area contributed by atoms with Gasteiger partial charge in [0, 0.05) is 6.61 Å². The quantitative estimate of drug-likeness (QED) is 0.725. The molecule has 1 rings (SSSR count). The van der Waals surface area contributed by atoms with Crippen LogP contribution in [0.4, 0.5) is 13.2 Å². The van der Waals surface area contributed by atoms with E-state index < -0.39 is 11.7 Å². The molecule has 0 spiro atoms. The standard InChI is InChI=1S/C15H22F3NO/c1-3-8-19-14(11-20-9-4-2)12-6-5-7-13(10-12)15(16,17)18/h5-7,10,14,19H,3-4,8-9,11H2,1-2H3. The van der Waals surface area contributed by atoms with E-state index in [2.05, 4.69) is 5.32 Å². The maximum absolute atomic E-state index is 12.7. The van der Waals surface area contributed by atoms with Gasteiger partial charge in [-0.3, -0.25) is 0 Å². The van der Waals surface area contributed by atoms with E-state index in [9.17, 15) is 13.2 Å². The third kappa shape index (κ3) is 5.51. The van der Waals surface area contributed by atoms with Crippen molar-refractivity contribution in [1.82, 2.24) is 5.32 Å². The normalized spacial score (nSPS) is 13.4. The van der Waals surface area contributed by atoms with Crippen molar-refractivity contribution in [2.24, 2.45) is 0 Å². The molecule has 1 N–H and O–H groups in total. The topological polar surface area (TPSA) is 21.3 Å². The molecule has 1 atom stereocenters. The molecule has 0 heterocycles. The highest BCUT2D eigenvalue weighted by molar-refractivity contribution is 5.28. The van der Waals surface area contributed by atoms with Gasteiger partial charge in [-0.05, 0) is 37.1 Å². The van der Waals surface area contributed by atoms with Crippen molar-refractivity contribution in [3.8, 4) is 0 Å². The Labute approximate surface area is 118 Å². The van der Waals surface area contributed by atoms with E-state index in [4.69, 9.17) is 4.74 Å². The fourth-order valence-electron chi connectivity index (χ4n) is 1.87. The Morgan fingerprint density at radius 1 is 1.20 bits per heavy atom. The molecule has 0 bridgehead atoms. The van der Waals surface area contributed by atoms with E-state index in [0.717, 1.165) is 25.5 Å². The predicted octanol–water partition coefficient (Wildman–Crippen LogP) is 4.17. The lowest BCUT2D eigenvalue weighted by Crippen LogP contribution is -2.26. The van der Waals surface area contributed by atoms with Crippen LogP contribution in [0.2, 0.25) is 0 Å². The lowest BCUT2D eigenvalue weighted by molar-refractivity contribution is -0.137. The third-order valence-electron chi connectivity index (χ3n) is 2.89. The Morgan fingerprint density at radius 2 is 1.95 bits per heavy atom. The molecule has 114 valence electrons. The average Bonchev–Trinajstić information content (AvgIpc) is 2.42. The van der Waals surface area contributed by atoms with Gasteiger partial charge >= 0.3 is 6.18 Å². The highest BCUT2D eigenvalue weighted by Crippen LogP contribution is 2.30. The summed E-state index contributed by atoms with van der Waals surface area (Å²) in [4.78, 5) is 0. The number of hydrogen-bond donors (Lipinski definition) is 1. The predicted molar refractivity (Wildman–Crippen MR) is 73.6 cm³/mol. The summed E-state index contributed by atoms with van der Waals surface area (Å²) in [7, 11) is 0. The maximum atomic E-state index is 12.7. The van der Waals surface area contributed by atoms with Gasteiger partial charge in [-0.1, -0.05) is 26.0 Å². The minimum absolute atomic E-state index is 0.205. The van der Waals surface area contributed by atoms with Crippen molar-refractivity contribution in [2.45, 2.75) is 38.9 Å². The first-order valence-corrected chi connectivity index (χ1v) is 6.97. The number of hydrogen-bond acceptors (Lipinski definition) is 2. The molecule has 1 aromatic rings. The third-order valence-corrected chi connectivity index (χ3v) is 2.89. The second-order valence-electron chi connectivity index (χ2n) is 4.70. The highest BCUT2D eigenvalue weighted by atomic mass is 19.4. The highest BCUT2D eigenvalue weighted by Gasteiger charge is 2.30. The lowest BCUT2D eigenvalue weighted by atomic mass is 10.0. The summed E-state index contributed by atoms with van der Waals surface area (Å²) in [6.45, 7) is 5.76. The molecular weight excluding hydrogens is 267 g/mol. The molecule has 2 nitrogen and oxygen atoms in total. The monoisotopic (exact) mass is 289 g/mol. The van der Waals surface area contributed by atoms with Gasteiger partial charge in [0.1, 0.15) is 0 Å². The Bertz CT molecular complexity index is 393. The first-order valence-electron chi connectivity index (χ1n) is 6.97. The van der Waals surface area contributed by atoms with Crippen LogP contribution in [-0.2, 0) is 10.9 Å². The van der Waals surface area contributed by atoms with E-state index in [1.54, 1.807) is 6.07 Å². The minimum atomic E-state index is -4.31. The fraction of sp³-hybridized carbons (Fsp3) is 0.600. The Morgan fingerprint density at radius 3 is 2.55 bits per heavy atom. The van der Waals surface area contributed by atoms with Crippen LogP contribution in [0.15, 0.2) is 24.3 Å². The largest absolute Gasteiger partial charge is 0.416 e. The molecule has 0 aliphatic rings. The van der Waals surface area contributed by atoms with Crippen LogP contribution in [0.1, 0.15) is 43.9 Å². The fourth-order valence-corrected chi connectivity index (χ4v) is 1.87. The number of rotatable bonds is 8. The average molecular weight is 289 g/mol. The van der Waals surface area contributed by atoms with Crippen LogP contribution >= 0.6 is 0 Å². The number of alkyl halides is 3. The van der Waals surface area contributed by atoms with Crippen molar-refractivity contribution in [2.75, 3.05) is 19.8 Å². The molecular formula is C15H22F3NO. The number of nitrogens with one attached hydrogen (secondary N) is 1. The van der Waals surface area contributed by atoms with Crippen LogP contribution < -0.4 is 5.32 Å². The van der Waals surface area contributed by atoms with Crippen LogP contribution in [0.3, 0.4) is 0 Å². The Balaban J connectivity index is 2.83. The SMILES string of the molecule is CCCNC(COCCC)c1cccc(C(F)(F)F)c1. The van der Waals surface area contributed by atoms with Gasteiger partial charge in [0.25, 0.3) is 0 Å². The summed E-state index contributed by atoms with van der Waals surface area (Å²) in [5, 5.41) is 3.23. The second-order valence-corrected chi connectivity index (χ2v) is 4.70. The zero-order chi connectivity index (χ0) is 15.0. The summed E-state index contributed by atoms with van der Waals surface area (Å²) < 4.78 is 43.7. The van der Waals surface area contributed by atoms with Gasteiger partial charge < -0.3 is 10.1 Å². The van der Waals surface area contributed by atoms with E-state index in [1.165, 1.54) is 12.1 Å². The molecule has 0 aliphatic carbocycles.